The van der Waals surface area contributed by atoms with Crippen molar-refractivity contribution in [2.45, 2.75) is 6.04 Å². The molecule has 0 radical (unpaired) electrons. The monoisotopic (exact) mass is 175 g/mol. The van der Waals surface area contributed by atoms with Crippen molar-refractivity contribution in [3.63, 3.8) is 0 Å². The number of carbonyl (C=O) groups excluding carboxylic acids is 1. The van der Waals surface area contributed by atoms with Crippen LogP contribution in [0.5, 0.6) is 0 Å². The summed E-state index contributed by atoms with van der Waals surface area (Å²) in [6.07, 6.45) is 0. The summed E-state index contributed by atoms with van der Waals surface area (Å²) in [4.78, 5) is 31.5. The Morgan fingerprint density at radius 3 is 2.25 bits per heavy atom. The largest absolute Gasteiger partial charge is 0.392 e. The lowest BCUT2D eigenvalue weighted by Gasteiger charge is -1.95. The first-order chi connectivity index (χ1) is 5.49. The third-order valence-electron chi connectivity index (χ3n) is 0.721. The summed E-state index contributed by atoms with van der Waals surface area (Å²) in [5, 5.41) is 25.7. The third kappa shape index (κ3) is 2.56. The molecule has 0 fully saturated rings. The standard InChI is InChI=1S/C3HN3O6/c4-1-2(5(8)9)3(7)12-6(10)11/h2H. The fourth-order valence-corrected chi connectivity index (χ4v) is 0.309. The first-order valence-electron chi connectivity index (χ1n) is 2.38. The molecular formula is C3HN3O6. The maximum atomic E-state index is 10.3. The predicted molar refractivity (Wildman–Crippen MR) is 29.5 cm³/mol. The molecule has 9 nitrogen and oxygen atoms in total. The van der Waals surface area contributed by atoms with Crippen LogP contribution in [-0.2, 0) is 9.63 Å². The summed E-state index contributed by atoms with van der Waals surface area (Å²) in [7, 11) is 0. The van der Waals surface area contributed by atoms with Crippen molar-refractivity contribution in [2.24, 2.45) is 0 Å². The van der Waals surface area contributed by atoms with Gasteiger partial charge in [-0.05, 0) is 0 Å². The Morgan fingerprint density at radius 2 is 2.00 bits per heavy atom. The van der Waals surface area contributed by atoms with Gasteiger partial charge in [-0.25, -0.2) is 4.84 Å². The van der Waals surface area contributed by atoms with Crippen LogP contribution in [0.1, 0.15) is 0 Å². The summed E-state index contributed by atoms with van der Waals surface area (Å²) >= 11 is 0. The molecule has 0 aliphatic rings. The predicted octanol–water partition coefficient (Wildman–Crippen LogP) is -1.11. The van der Waals surface area contributed by atoms with Crippen LogP contribution in [0.2, 0.25) is 0 Å². The molecule has 0 aromatic carbocycles. The fraction of sp³-hybridized carbons (Fsp3) is 0.333. The van der Waals surface area contributed by atoms with E-state index in [0.717, 1.165) is 6.07 Å². The first-order valence-corrected chi connectivity index (χ1v) is 2.38. The smallest absolute Gasteiger partial charge is 0.263 e. The minimum Gasteiger partial charge on any atom is -0.263 e. The van der Waals surface area contributed by atoms with Gasteiger partial charge in [0, 0.05) is 4.92 Å². The second-order valence-corrected chi connectivity index (χ2v) is 1.45. The average molecular weight is 175 g/mol. The summed E-state index contributed by atoms with van der Waals surface area (Å²) in [5.74, 6) is -1.81. The van der Waals surface area contributed by atoms with E-state index in [1.54, 1.807) is 0 Å². The quantitative estimate of drug-likeness (QED) is 0.391. The van der Waals surface area contributed by atoms with Crippen LogP contribution in [0.15, 0.2) is 0 Å². The van der Waals surface area contributed by atoms with Crippen LogP contribution < -0.4 is 0 Å². The molecule has 0 amide bonds. The molecule has 0 bridgehead atoms. The minimum atomic E-state index is -2.35. The topological polar surface area (TPSA) is 136 Å². The van der Waals surface area contributed by atoms with Crippen LogP contribution in [0.3, 0.4) is 0 Å². The van der Waals surface area contributed by atoms with E-state index >= 15 is 0 Å². The van der Waals surface area contributed by atoms with Gasteiger partial charge in [0.25, 0.3) is 0 Å². The Hall–Kier alpha value is -2.24. The van der Waals surface area contributed by atoms with Crippen molar-refractivity contribution in [3.8, 4) is 6.07 Å². The number of carbonyl (C=O) groups is 1. The Bertz CT molecular complexity index is 266. The van der Waals surface area contributed by atoms with Crippen molar-refractivity contribution in [1.29, 1.82) is 5.26 Å². The molecule has 0 saturated carbocycles. The van der Waals surface area contributed by atoms with E-state index in [2.05, 4.69) is 4.84 Å². The molecule has 0 heterocycles. The van der Waals surface area contributed by atoms with Crippen LogP contribution in [-0.4, -0.2) is 22.0 Å². The summed E-state index contributed by atoms with van der Waals surface area (Å²) in [5.41, 5.74) is 0. The van der Waals surface area contributed by atoms with Gasteiger partial charge in [0.15, 0.2) is 6.07 Å². The third-order valence-corrected chi connectivity index (χ3v) is 0.721. The van der Waals surface area contributed by atoms with Gasteiger partial charge in [-0.2, -0.15) is 5.26 Å². The summed E-state index contributed by atoms with van der Waals surface area (Å²) in [6, 6.07) is -1.42. The zero-order chi connectivity index (χ0) is 9.72. The van der Waals surface area contributed by atoms with Gasteiger partial charge >= 0.3 is 17.1 Å². The molecule has 12 heavy (non-hydrogen) atoms. The zero-order valence-corrected chi connectivity index (χ0v) is 5.37. The van der Waals surface area contributed by atoms with Gasteiger partial charge < -0.3 is 0 Å². The molecule has 1 unspecified atom stereocenters. The lowest BCUT2D eigenvalue weighted by atomic mass is 10.4. The van der Waals surface area contributed by atoms with Gasteiger partial charge in [0.2, 0.25) is 0 Å². The van der Waals surface area contributed by atoms with Crippen LogP contribution >= 0.6 is 0 Å². The molecule has 0 spiro atoms. The Labute approximate surface area is 64.4 Å². The second-order valence-electron chi connectivity index (χ2n) is 1.45. The molecule has 0 rings (SSSR count). The maximum Gasteiger partial charge on any atom is 0.392 e. The fourth-order valence-electron chi connectivity index (χ4n) is 0.309. The molecular weight excluding hydrogens is 174 g/mol. The van der Waals surface area contributed by atoms with Crippen LogP contribution in [0.25, 0.3) is 0 Å². The molecule has 64 valence electrons. The number of nitriles is 1. The lowest BCUT2D eigenvalue weighted by Crippen LogP contribution is -2.31. The van der Waals surface area contributed by atoms with Gasteiger partial charge in [0.1, 0.15) is 0 Å². The molecule has 0 aliphatic heterocycles. The highest BCUT2D eigenvalue weighted by molar-refractivity contribution is 5.76. The lowest BCUT2D eigenvalue weighted by molar-refractivity contribution is -0.733. The molecule has 0 saturated heterocycles. The van der Waals surface area contributed by atoms with Gasteiger partial charge in [-0.1, -0.05) is 0 Å². The molecule has 0 aromatic rings. The minimum absolute atomic E-state index is 0.929. The highest BCUT2D eigenvalue weighted by atomic mass is 17.0. The highest BCUT2D eigenvalue weighted by Gasteiger charge is 2.32. The van der Waals surface area contributed by atoms with E-state index in [9.17, 15) is 25.0 Å². The van der Waals surface area contributed by atoms with E-state index in [4.69, 9.17) is 5.26 Å². The van der Waals surface area contributed by atoms with Gasteiger partial charge in [-0.3, -0.25) is 14.9 Å². The second kappa shape index (κ2) is 3.81. The Kier molecular flexibility index (Phi) is 3.10. The van der Waals surface area contributed by atoms with Crippen LogP contribution in [0, 0.1) is 31.6 Å². The van der Waals surface area contributed by atoms with Crippen molar-refractivity contribution >= 4 is 5.97 Å². The highest BCUT2D eigenvalue weighted by Crippen LogP contribution is 1.92. The van der Waals surface area contributed by atoms with E-state index in [-0.39, 0.29) is 0 Å². The first kappa shape index (κ1) is 9.76. The molecule has 0 N–H and O–H groups in total. The number of nitro groups is 1. The van der Waals surface area contributed by atoms with E-state index in [0.29, 0.717) is 0 Å². The Morgan fingerprint density at radius 1 is 1.50 bits per heavy atom. The SMILES string of the molecule is N#CC(C(=O)O[N+](=O)[O-])[N+](=O)[O-]. The maximum absolute atomic E-state index is 10.3. The number of nitrogens with zero attached hydrogens (tertiary/aromatic N) is 3. The van der Waals surface area contributed by atoms with Gasteiger partial charge in [-0.15, -0.1) is 10.1 Å². The molecule has 1 atom stereocenters. The van der Waals surface area contributed by atoms with Crippen molar-refractivity contribution in [2.75, 3.05) is 0 Å². The molecule has 9 heteroatoms. The number of hydrogen-bond acceptors (Lipinski definition) is 7. The normalized spacial score (nSPS) is 10.9. The average Bonchev–Trinajstić information content (AvgIpc) is 1.85. The van der Waals surface area contributed by atoms with Gasteiger partial charge in [0.05, 0.1) is 0 Å². The Balaban J connectivity index is 4.36. The van der Waals surface area contributed by atoms with Crippen molar-refractivity contribution < 1.29 is 19.6 Å². The molecule has 0 aromatic heterocycles. The van der Waals surface area contributed by atoms with E-state index in [1.165, 1.54) is 0 Å². The molecule has 0 aliphatic carbocycles. The summed E-state index contributed by atoms with van der Waals surface area (Å²) in [6.45, 7) is 0. The summed E-state index contributed by atoms with van der Waals surface area (Å²) < 4.78 is 0. The van der Waals surface area contributed by atoms with Crippen LogP contribution in [0.4, 0.5) is 0 Å². The van der Waals surface area contributed by atoms with E-state index in [1.807, 2.05) is 0 Å². The number of hydrogen-bond donors (Lipinski definition) is 0. The zero-order valence-electron chi connectivity index (χ0n) is 5.37. The van der Waals surface area contributed by atoms with E-state index < -0.39 is 22.0 Å². The van der Waals surface area contributed by atoms with Crippen molar-refractivity contribution in [1.82, 2.24) is 0 Å². The van der Waals surface area contributed by atoms with Crippen molar-refractivity contribution in [3.05, 3.63) is 20.2 Å². The number of rotatable bonds is 3.